The van der Waals surface area contributed by atoms with Gasteiger partial charge >= 0.3 is 0 Å². The molecule has 1 aliphatic heterocycles. The van der Waals surface area contributed by atoms with Gasteiger partial charge in [-0.05, 0) is 86.9 Å². The Kier molecular flexibility index (Phi) is 8.68. The fraction of sp³-hybridized carbons (Fsp3) is 0.577. The molecule has 1 saturated carbocycles. The van der Waals surface area contributed by atoms with Crippen LogP contribution in [0.2, 0.25) is 5.15 Å². The number of pyridine rings is 1. The summed E-state index contributed by atoms with van der Waals surface area (Å²) in [5, 5.41) is 7.81. The lowest BCUT2D eigenvalue weighted by atomic mass is 10.0. The SMILES string of the molecule is Cc1cc(Cl)nc(C)c1C(=O)NCC[C@@H](C)N1CCC(N(Cc2ccsc2)C(N)=NC2CC2)CC1. The van der Waals surface area contributed by atoms with E-state index in [0.29, 0.717) is 47.0 Å². The van der Waals surface area contributed by atoms with Crippen molar-refractivity contribution in [1.82, 2.24) is 20.1 Å². The lowest BCUT2D eigenvalue weighted by molar-refractivity contribution is 0.0934. The summed E-state index contributed by atoms with van der Waals surface area (Å²) in [6.07, 6.45) is 5.35. The number of guanidine groups is 1. The van der Waals surface area contributed by atoms with Gasteiger partial charge in [0.05, 0.1) is 17.3 Å². The number of aromatic nitrogens is 1. The molecule has 1 saturated heterocycles. The van der Waals surface area contributed by atoms with Gasteiger partial charge in [0.15, 0.2) is 5.96 Å². The first-order valence-electron chi connectivity index (χ1n) is 12.6. The second-order valence-electron chi connectivity index (χ2n) is 9.86. The summed E-state index contributed by atoms with van der Waals surface area (Å²) < 4.78 is 0. The molecular weight excluding hydrogens is 480 g/mol. The van der Waals surface area contributed by atoms with E-state index in [1.54, 1.807) is 17.4 Å². The summed E-state index contributed by atoms with van der Waals surface area (Å²) in [6.45, 7) is 9.48. The van der Waals surface area contributed by atoms with Crippen molar-refractivity contribution < 1.29 is 4.79 Å². The average molecular weight is 517 g/mol. The standard InChI is InChI=1S/C26H37ClN6OS/c1-17-14-23(27)30-19(3)24(17)25(34)29-10-6-18(2)32-11-7-22(8-12-32)33(15-20-9-13-35-16-20)26(28)31-21-4-5-21/h9,13-14,16,18,21-22H,4-8,10-12,15H2,1-3H3,(H2,28,31)(H,29,34)/t18-/m1/s1. The van der Waals surface area contributed by atoms with Crippen molar-refractivity contribution in [2.24, 2.45) is 10.7 Å². The zero-order chi connectivity index (χ0) is 24.9. The van der Waals surface area contributed by atoms with Crippen molar-refractivity contribution in [1.29, 1.82) is 0 Å². The largest absolute Gasteiger partial charge is 0.370 e. The Bertz CT molecular complexity index is 1010. The molecule has 2 aliphatic rings. The first-order chi connectivity index (χ1) is 16.8. The maximum Gasteiger partial charge on any atom is 0.253 e. The van der Waals surface area contributed by atoms with E-state index in [9.17, 15) is 4.79 Å². The van der Waals surface area contributed by atoms with Gasteiger partial charge in [-0.1, -0.05) is 11.6 Å². The van der Waals surface area contributed by atoms with Gasteiger partial charge in [-0.15, -0.1) is 0 Å². The minimum atomic E-state index is -0.0791. The zero-order valence-corrected chi connectivity index (χ0v) is 22.5. The second-order valence-corrected chi connectivity index (χ2v) is 11.0. The van der Waals surface area contributed by atoms with Crippen LogP contribution in [-0.2, 0) is 6.54 Å². The number of hydrogen-bond donors (Lipinski definition) is 2. The van der Waals surface area contributed by atoms with Gasteiger partial charge in [-0.3, -0.25) is 4.79 Å². The molecule has 2 aromatic rings. The maximum atomic E-state index is 12.7. The lowest BCUT2D eigenvalue weighted by Gasteiger charge is -2.41. The molecule has 0 unspecified atom stereocenters. The number of aliphatic imine (C=N–C) groups is 1. The second kappa shape index (κ2) is 11.7. The van der Waals surface area contributed by atoms with E-state index in [2.05, 4.69) is 43.9 Å². The van der Waals surface area contributed by atoms with Crippen LogP contribution in [0.4, 0.5) is 0 Å². The smallest absolute Gasteiger partial charge is 0.253 e. The van der Waals surface area contributed by atoms with Gasteiger partial charge in [-0.25, -0.2) is 9.98 Å². The number of thiophene rings is 1. The lowest BCUT2D eigenvalue weighted by Crippen LogP contribution is -2.51. The number of rotatable bonds is 9. The number of halogens is 1. The van der Waals surface area contributed by atoms with E-state index in [-0.39, 0.29) is 5.91 Å². The van der Waals surface area contributed by atoms with E-state index in [4.69, 9.17) is 22.3 Å². The Morgan fingerprint density at radius 3 is 2.71 bits per heavy atom. The predicted molar refractivity (Wildman–Crippen MR) is 144 cm³/mol. The molecule has 2 fully saturated rings. The molecule has 1 aliphatic carbocycles. The average Bonchev–Trinajstić information content (AvgIpc) is 3.47. The molecule has 9 heteroatoms. The number of nitrogens with zero attached hydrogens (tertiary/aromatic N) is 4. The number of amides is 1. The molecule has 0 radical (unpaired) electrons. The van der Waals surface area contributed by atoms with Gasteiger partial charge in [0, 0.05) is 38.3 Å². The van der Waals surface area contributed by atoms with E-state index < -0.39 is 0 Å². The van der Waals surface area contributed by atoms with Crippen molar-refractivity contribution in [3.05, 3.63) is 50.4 Å². The van der Waals surface area contributed by atoms with Crippen molar-refractivity contribution in [2.45, 2.75) is 77.5 Å². The first-order valence-corrected chi connectivity index (χ1v) is 13.9. The van der Waals surface area contributed by atoms with Crippen LogP contribution >= 0.6 is 22.9 Å². The highest BCUT2D eigenvalue weighted by atomic mass is 35.5. The normalized spacial score (nSPS) is 18.5. The highest BCUT2D eigenvalue weighted by Crippen LogP contribution is 2.26. The molecule has 0 spiro atoms. The van der Waals surface area contributed by atoms with Gasteiger partial charge in [-0.2, -0.15) is 11.3 Å². The fourth-order valence-electron chi connectivity index (χ4n) is 4.87. The summed E-state index contributed by atoms with van der Waals surface area (Å²) in [7, 11) is 0. The van der Waals surface area contributed by atoms with Crippen molar-refractivity contribution >= 4 is 34.8 Å². The molecule has 4 rings (SSSR count). The Hall–Kier alpha value is -2.16. The molecule has 3 heterocycles. The van der Waals surface area contributed by atoms with Crippen LogP contribution < -0.4 is 11.1 Å². The highest BCUT2D eigenvalue weighted by Gasteiger charge is 2.30. The first kappa shape index (κ1) is 25.9. The van der Waals surface area contributed by atoms with E-state index in [1.165, 1.54) is 5.56 Å². The molecular formula is C26H37ClN6OS. The number of nitrogens with two attached hydrogens (primary N) is 1. The van der Waals surface area contributed by atoms with Crippen LogP contribution in [-0.4, -0.2) is 64.4 Å². The molecule has 0 bridgehead atoms. The molecule has 190 valence electrons. The van der Waals surface area contributed by atoms with Gasteiger partial charge in [0.25, 0.3) is 5.91 Å². The Morgan fingerprint density at radius 1 is 1.34 bits per heavy atom. The Labute approximate surface area is 217 Å². The van der Waals surface area contributed by atoms with Gasteiger partial charge in [0.2, 0.25) is 0 Å². The van der Waals surface area contributed by atoms with Crippen molar-refractivity contribution in [3.63, 3.8) is 0 Å². The summed E-state index contributed by atoms with van der Waals surface area (Å²) in [5.41, 5.74) is 9.93. The molecule has 3 N–H and O–H groups in total. The van der Waals surface area contributed by atoms with Crippen LogP contribution in [0.5, 0.6) is 0 Å². The van der Waals surface area contributed by atoms with Gasteiger partial charge in [0.1, 0.15) is 5.15 Å². The number of hydrogen-bond acceptors (Lipinski definition) is 5. The van der Waals surface area contributed by atoms with E-state index in [0.717, 1.165) is 57.3 Å². The van der Waals surface area contributed by atoms with Crippen LogP contribution in [0.3, 0.4) is 0 Å². The minimum Gasteiger partial charge on any atom is -0.370 e. The molecule has 1 amide bonds. The summed E-state index contributed by atoms with van der Waals surface area (Å²) in [6, 6.07) is 5.14. The fourth-order valence-corrected chi connectivity index (χ4v) is 5.82. The Balaban J connectivity index is 1.27. The molecule has 0 aromatic carbocycles. The number of nitrogens with one attached hydrogen (secondary N) is 1. The molecule has 2 aromatic heterocycles. The molecule has 1 atom stereocenters. The minimum absolute atomic E-state index is 0.0791. The topological polar surface area (TPSA) is 86.9 Å². The van der Waals surface area contributed by atoms with E-state index in [1.807, 2.05) is 13.8 Å². The maximum absolute atomic E-state index is 12.7. The summed E-state index contributed by atoms with van der Waals surface area (Å²) in [4.78, 5) is 26.5. The molecule has 35 heavy (non-hydrogen) atoms. The zero-order valence-electron chi connectivity index (χ0n) is 21.0. The summed E-state index contributed by atoms with van der Waals surface area (Å²) in [5.74, 6) is 0.625. The van der Waals surface area contributed by atoms with E-state index >= 15 is 0 Å². The third kappa shape index (κ3) is 6.96. The number of carbonyl (C=O) groups is 1. The third-order valence-corrected chi connectivity index (χ3v) is 8.02. The third-order valence-electron chi connectivity index (χ3n) is 7.09. The summed E-state index contributed by atoms with van der Waals surface area (Å²) >= 11 is 7.73. The number of aryl methyl sites for hydroxylation is 2. The van der Waals surface area contributed by atoms with Crippen LogP contribution in [0.1, 0.15) is 66.2 Å². The number of piperidine rings is 1. The molecule has 7 nitrogen and oxygen atoms in total. The highest BCUT2D eigenvalue weighted by molar-refractivity contribution is 7.07. The Morgan fingerprint density at radius 2 is 2.09 bits per heavy atom. The number of carbonyl (C=O) groups excluding carboxylic acids is 1. The van der Waals surface area contributed by atoms with Crippen molar-refractivity contribution in [3.8, 4) is 0 Å². The van der Waals surface area contributed by atoms with Crippen LogP contribution in [0.15, 0.2) is 27.9 Å². The van der Waals surface area contributed by atoms with Crippen molar-refractivity contribution in [2.75, 3.05) is 19.6 Å². The number of likely N-dealkylation sites (tertiary alicyclic amines) is 1. The quantitative estimate of drug-likeness (QED) is 0.293. The van der Waals surface area contributed by atoms with Crippen LogP contribution in [0.25, 0.3) is 0 Å². The monoisotopic (exact) mass is 516 g/mol. The predicted octanol–water partition coefficient (Wildman–Crippen LogP) is 4.37. The van der Waals surface area contributed by atoms with Gasteiger partial charge < -0.3 is 20.9 Å². The van der Waals surface area contributed by atoms with Crippen LogP contribution in [0, 0.1) is 13.8 Å².